The number of nitrogens with zero attached hydrogens (tertiary/aromatic N) is 2. The van der Waals surface area contributed by atoms with Crippen molar-refractivity contribution in [1.29, 1.82) is 0 Å². The van der Waals surface area contributed by atoms with Crippen LogP contribution in [0.4, 0.5) is 0 Å². The standard InChI is InChI=1S/C25H30N2O3/c1-19-14-26(16-23-5-4-6-24(13-23)18-28)15-20(2)27(19)17-22-9-7-21(8-10-22)11-12-25(29)30-3/h4-13,18-20H,14-17H2,1-3H3/b12-11+/t19-,20+. The number of ether oxygens (including phenoxy) is 1. The summed E-state index contributed by atoms with van der Waals surface area (Å²) in [7, 11) is 1.38. The minimum absolute atomic E-state index is 0.350. The second kappa shape index (κ2) is 10.3. The molecule has 1 fully saturated rings. The fraction of sp³-hybridized carbons (Fsp3) is 0.360. The zero-order valence-electron chi connectivity index (χ0n) is 18.0. The van der Waals surface area contributed by atoms with Crippen LogP contribution in [0, 0.1) is 0 Å². The van der Waals surface area contributed by atoms with Crippen molar-refractivity contribution in [2.24, 2.45) is 0 Å². The van der Waals surface area contributed by atoms with Crippen molar-refractivity contribution in [1.82, 2.24) is 9.80 Å². The predicted molar refractivity (Wildman–Crippen MR) is 119 cm³/mol. The van der Waals surface area contributed by atoms with Gasteiger partial charge in [0.2, 0.25) is 0 Å². The van der Waals surface area contributed by atoms with Crippen LogP contribution in [0.1, 0.15) is 40.9 Å². The Hall–Kier alpha value is -2.76. The Kier molecular flexibility index (Phi) is 7.55. The summed E-state index contributed by atoms with van der Waals surface area (Å²) < 4.78 is 4.63. The first-order chi connectivity index (χ1) is 14.5. The Morgan fingerprint density at radius 1 is 1.00 bits per heavy atom. The number of hydrogen-bond donors (Lipinski definition) is 0. The highest BCUT2D eigenvalue weighted by atomic mass is 16.5. The quantitative estimate of drug-likeness (QED) is 0.398. The molecule has 0 amide bonds. The fourth-order valence-electron chi connectivity index (χ4n) is 4.11. The summed E-state index contributed by atoms with van der Waals surface area (Å²) in [5, 5.41) is 0. The zero-order chi connectivity index (χ0) is 21.5. The molecule has 0 radical (unpaired) electrons. The van der Waals surface area contributed by atoms with Gasteiger partial charge in [0.1, 0.15) is 6.29 Å². The number of carbonyl (C=O) groups excluding carboxylic acids is 2. The van der Waals surface area contributed by atoms with Crippen molar-refractivity contribution < 1.29 is 14.3 Å². The van der Waals surface area contributed by atoms with Crippen LogP contribution in [-0.4, -0.2) is 54.3 Å². The van der Waals surface area contributed by atoms with E-state index in [0.29, 0.717) is 12.1 Å². The van der Waals surface area contributed by atoms with Gasteiger partial charge in [-0.2, -0.15) is 0 Å². The van der Waals surface area contributed by atoms with Gasteiger partial charge in [-0.15, -0.1) is 0 Å². The molecule has 0 spiro atoms. The van der Waals surface area contributed by atoms with Crippen molar-refractivity contribution in [3.63, 3.8) is 0 Å². The number of rotatable bonds is 7. The van der Waals surface area contributed by atoms with Gasteiger partial charge >= 0.3 is 5.97 Å². The normalized spacial score (nSPS) is 20.4. The molecule has 5 heteroatoms. The molecule has 0 bridgehead atoms. The average Bonchev–Trinajstić information content (AvgIpc) is 2.75. The van der Waals surface area contributed by atoms with Gasteiger partial charge in [-0.3, -0.25) is 14.6 Å². The van der Waals surface area contributed by atoms with E-state index < -0.39 is 0 Å². The van der Waals surface area contributed by atoms with Crippen molar-refractivity contribution in [3.05, 3.63) is 76.9 Å². The van der Waals surface area contributed by atoms with Gasteiger partial charge in [-0.05, 0) is 42.7 Å². The number of esters is 1. The van der Waals surface area contributed by atoms with Crippen molar-refractivity contribution >= 4 is 18.3 Å². The molecule has 2 aromatic rings. The maximum absolute atomic E-state index is 11.2. The van der Waals surface area contributed by atoms with E-state index in [-0.39, 0.29) is 5.97 Å². The second-order valence-corrected chi connectivity index (χ2v) is 8.03. The molecule has 1 aliphatic heterocycles. The van der Waals surface area contributed by atoms with Gasteiger partial charge in [0.15, 0.2) is 0 Å². The van der Waals surface area contributed by atoms with Crippen LogP contribution in [0.25, 0.3) is 6.08 Å². The highest BCUT2D eigenvalue weighted by Crippen LogP contribution is 2.21. The molecule has 3 rings (SSSR count). The number of aldehydes is 1. The maximum Gasteiger partial charge on any atom is 0.330 e. The smallest absolute Gasteiger partial charge is 0.330 e. The van der Waals surface area contributed by atoms with E-state index in [9.17, 15) is 9.59 Å². The van der Waals surface area contributed by atoms with Crippen molar-refractivity contribution in [2.45, 2.75) is 39.0 Å². The van der Waals surface area contributed by atoms with Crippen LogP contribution >= 0.6 is 0 Å². The van der Waals surface area contributed by atoms with E-state index in [4.69, 9.17) is 0 Å². The third-order valence-electron chi connectivity index (χ3n) is 5.63. The van der Waals surface area contributed by atoms with Gasteiger partial charge in [-0.25, -0.2) is 4.79 Å². The van der Waals surface area contributed by atoms with E-state index in [0.717, 1.165) is 43.6 Å². The lowest BCUT2D eigenvalue weighted by Gasteiger charge is -2.44. The van der Waals surface area contributed by atoms with E-state index in [1.165, 1.54) is 24.3 Å². The predicted octanol–water partition coefficient (Wildman–Crippen LogP) is 3.78. The highest BCUT2D eigenvalue weighted by Gasteiger charge is 2.29. The topological polar surface area (TPSA) is 49.9 Å². The molecule has 0 N–H and O–H groups in total. The second-order valence-electron chi connectivity index (χ2n) is 8.03. The lowest BCUT2D eigenvalue weighted by atomic mass is 10.0. The Balaban J connectivity index is 1.58. The van der Waals surface area contributed by atoms with Crippen LogP contribution in [0.15, 0.2) is 54.6 Å². The largest absolute Gasteiger partial charge is 0.466 e. The maximum atomic E-state index is 11.2. The first-order valence-electron chi connectivity index (χ1n) is 10.4. The summed E-state index contributed by atoms with van der Waals surface area (Å²) >= 11 is 0. The zero-order valence-corrected chi connectivity index (χ0v) is 18.0. The number of piperazine rings is 1. The third kappa shape index (κ3) is 5.88. The summed E-state index contributed by atoms with van der Waals surface area (Å²) in [4.78, 5) is 27.3. The summed E-state index contributed by atoms with van der Waals surface area (Å²) in [5.41, 5.74) is 4.16. The van der Waals surface area contributed by atoms with Crippen LogP contribution in [0.2, 0.25) is 0 Å². The Labute approximate surface area is 178 Å². The minimum Gasteiger partial charge on any atom is -0.466 e. The Morgan fingerprint density at radius 2 is 1.70 bits per heavy atom. The third-order valence-corrected chi connectivity index (χ3v) is 5.63. The molecular formula is C25H30N2O3. The molecule has 1 heterocycles. The van der Waals surface area contributed by atoms with Crippen LogP contribution < -0.4 is 0 Å². The summed E-state index contributed by atoms with van der Waals surface area (Å²) in [6, 6.07) is 17.0. The van der Waals surface area contributed by atoms with E-state index >= 15 is 0 Å². The number of carbonyl (C=O) groups is 2. The fourth-order valence-corrected chi connectivity index (χ4v) is 4.11. The molecule has 1 aliphatic rings. The van der Waals surface area contributed by atoms with Gasteiger partial charge in [0.05, 0.1) is 7.11 Å². The summed E-state index contributed by atoms with van der Waals surface area (Å²) in [6.45, 7) is 8.31. The van der Waals surface area contributed by atoms with Gasteiger partial charge in [0, 0.05) is 49.9 Å². The molecule has 0 aromatic heterocycles. The number of methoxy groups -OCH3 is 1. The van der Waals surface area contributed by atoms with Crippen LogP contribution in [0.3, 0.4) is 0 Å². The van der Waals surface area contributed by atoms with E-state index in [1.54, 1.807) is 6.08 Å². The Bertz CT molecular complexity index is 880. The summed E-state index contributed by atoms with van der Waals surface area (Å²) in [5.74, 6) is -0.350. The lowest BCUT2D eigenvalue weighted by Crippen LogP contribution is -2.55. The molecule has 2 atom stereocenters. The van der Waals surface area contributed by atoms with Gasteiger partial charge in [0.25, 0.3) is 0 Å². The van der Waals surface area contributed by atoms with E-state index in [1.807, 2.05) is 30.3 Å². The Morgan fingerprint density at radius 3 is 2.33 bits per heavy atom. The molecular weight excluding hydrogens is 376 g/mol. The SMILES string of the molecule is COC(=O)/C=C/c1ccc(CN2[C@H](C)CN(Cc3cccc(C=O)c3)C[C@@H]2C)cc1. The first-order valence-corrected chi connectivity index (χ1v) is 10.4. The molecule has 2 aromatic carbocycles. The molecule has 1 saturated heterocycles. The summed E-state index contributed by atoms with van der Waals surface area (Å²) in [6.07, 6.45) is 4.10. The lowest BCUT2D eigenvalue weighted by molar-refractivity contribution is -0.134. The molecule has 0 saturated carbocycles. The molecule has 158 valence electrons. The van der Waals surface area contributed by atoms with Crippen LogP contribution in [-0.2, 0) is 22.6 Å². The molecule has 5 nitrogen and oxygen atoms in total. The van der Waals surface area contributed by atoms with Gasteiger partial charge in [-0.1, -0.05) is 42.5 Å². The number of hydrogen-bond acceptors (Lipinski definition) is 5. The number of benzene rings is 2. The molecule has 0 unspecified atom stereocenters. The van der Waals surface area contributed by atoms with Crippen molar-refractivity contribution in [3.8, 4) is 0 Å². The van der Waals surface area contributed by atoms with E-state index in [2.05, 4.69) is 46.6 Å². The first kappa shape index (κ1) is 21.9. The van der Waals surface area contributed by atoms with Gasteiger partial charge < -0.3 is 4.74 Å². The van der Waals surface area contributed by atoms with Crippen molar-refractivity contribution in [2.75, 3.05) is 20.2 Å². The monoisotopic (exact) mass is 406 g/mol. The molecule has 30 heavy (non-hydrogen) atoms. The average molecular weight is 407 g/mol. The highest BCUT2D eigenvalue weighted by molar-refractivity contribution is 5.86. The minimum atomic E-state index is -0.350. The molecule has 0 aliphatic carbocycles. The van der Waals surface area contributed by atoms with Crippen LogP contribution in [0.5, 0.6) is 0 Å².